The first-order valence-electron chi connectivity index (χ1n) is 11.3. The number of nitrogens with zero attached hydrogens (tertiary/aromatic N) is 1. The maximum atomic E-state index is 11.7. The minimum Gasteiger partial charge on any atom is -0.466 e. The first-order valence-corrected chi connectivity index (χ1v) is 11.3. The van der Waals surface area contributed by atoms with Crippen LogP contribution in [-0.2, 0) is 9.53 Å². The van der Waals surface area contributed by atoms with Crippen LogP contribution in [0.5, 0.6) is 11.5 Å². The number of piperidine rings is 1. The van der Waals surface area contributed by atoms with Crippen molar-refractivity contribution in [2.24, 2.45) is 5.92 Å². The summed E-state index contributed by atoms with van der Waals surface area (Å²) in [6.45, 7) is 5.61. The van der Waals surface area contributed by atoms with E-state index in [1.165, 1.54) is 0 Å². The van der Waals surface area contributed by atoms with E-state index < -0.39 is 0 Å². The summed E-state index contributed by atoms with van der Waals surface area (Å²) < 4.78 is 16.8. The Bertz CT molecular complexity index is 866. The Morgan fingerprint density at radius 1 is 1.03 bits per heavy atom. The maximum absolute atomic E-state index is 11.7. The van der Waals surface area contributed by atoms with Gasteiger partial charge in [0.05, 0.1) is 6.61 Å². The third-order valence-corrected chi connectivity index (χ3v) is 6.04. The van der Waals surface area contributed by atoms with Crippen LogP contribution in [0.3, 0.4) is 0 Å². The lowest BCUT2D eigenvalue weighted by Gasteiger charge is -2.31. The van der Waals surface area contributed by atoms with Crippen molar-refractivity contribution in [3.63, 3.8) is 0 Å². The van der Waals surface area contributed by atoms with Gasteiger partial charge in [-0.2, -0.15) is 0 Å². The lowest BCUT2D eigenvalue weighted by molar-refractivity contribution is -0.144. The molecule has 2 aromatic carbocycles. The fourth-order valence-electron chi connectivity index (χ4n) is 4.41. The van der Waals surface area contributed by atoms with Crippen LogP contribution >= 0.6 is 0 Å². The molecule has 2 aliphatic rings. The predicted molar refractivity (Wildman–Crippen MR) is 121 cm³/mol. The standard InChI is InChI=1S/C26H31NO4/c1-2-29-26(28)18-20-13-16-27(17-14-20)15-7-10-21-22-8-3-5-11-24(22)30-19-31-25-12-6-4-9-23(21)25/h3-6,8-12,20H,2,7,13-19H2,1H3. The van der Waals surface area contributed by atoms with E-state index in [0.717, 1.165) is 67.1 Å². The number of hydrogen-bond acceptors (Lipinski definition) is 5. The van der Waals surface area contributed by atoms with Crippen molar-refractivity contribution in [1.82, 2.24) is 4.90 Å². The smallest absolute Gasteiger partial charge is 0.306 e. The molecule has 164 valence electrons. The lowest BCUT2D eigenvalue weighted by atomic mass is 9.93. The number of para-hydroxylation sites is 2. The Morgan fingerprint density at radius 3 is 2.26 bits per heavy atom. The van der Waals surface area contributed by atoms with Gasteiger partial charge < -0.3 is 19.1 Å². The van der Waals surface area contributed by atoms with E-state index in [9.17, 15) is 4.79 Å². The largest absolute Gasteiger partial charge is 0.466 e. The molecule has 0 unspecified atom stereocenters. The van der Waals surface area contributed by atoms with Gasteiger partial charge in [0.2, 0.25) is 6.79 Å². The molecule has 0 bridgehead atoms. The van der Waals surface area contributed by atoms with Gasteiger partial charge in [0.1, 0.15) is 11.5 Å². The molecule has 0 N–H and O–H groups in total. The number of carbonyl (C=O) groups excluding carboxylic acids is 1. The molecular formula is C26H31NO4. The Hall–Kier alpha value is -2.79. The van der Waals surface area contributed by atoms with Crippen LogP contribution in [0.1, 0.15) is 43.7 Å². The molecule has 2 aliphatic heterocycles. The van der Waals surface area contributed by atoms with E-state index in [4.69, 9.17) is 14.2 Å². The molecule has 0 aromatic heterocycles. The molecule has 0 radical (unpaired) electrons. The molecule has 1 fully saturated rings. The fourth-order valence-corrected chi connectivity index (χ4v) is 4.41. The maximum Gasteiger partial charge on any atom is 0.306 e. The summed E-state index contributed by atoms with van der Waals surface area (Å²) in [6, 6.07) is 16.3. The van der Waals surface area contributed by atoms with Crippen LogP contribution in [0.2, 0.25) is 0 Å². The van der Waals surface area contributed by atoms with Crippen molar-refractivity contribution in [2.45, 2.75) is 32.6 Å². The summed E-state index contributed by atoms with van der Waals surface area (Å²) in [4.78, 5) is 14.2. The Morgan fingerprint density at radius 2 is 1.65 bits per heavy atom. The average molecular weight is 422 g/mol. The summed E-state index contributed by atoms with van der Waals surface area (Å²) in [5.74, 6) is 2.09. The normalized spacial score (nSPS) is 16.7. The zero-order chi connectivity index (χ0) is 21.5. The van der Waals surface area contributed by atoms with Gasteiger partial charge in [-0.1, -0.05) is 42.5 Å². The van der Waals surface area contributed by atoms with E-state index in [-0.39, 0.29) is 12.8 Å². The number of rotatable bonds is 6. The molecule has 0 spiro atoms. The van der Waals surface area contributed by atoms with E-state index in [0.29, 0.717) is 18.9 Å². The Balaban J connectivity index is 1.42. The van der Waals surface area contributed by atoms with Gasteiger partial charge in [0.25, 0.3) is 0 Å². The zero-order valence-corrected chi connectivity index (χ0v) is 18.2. The first kappa shape index (κ1) is 21.4. The number of ether oxygens (including phenoxy) is 3. The van der Waals surface area contributed by atoms with Gasteiger partial charge in [-0.15, -0.1) is 0 Å². The second-order valence-corrected chi connectivity index (χ2v) is 8.10. The Labute approximate surface area is 184 Å². The van der Waals surface area contributed by atoms with Crippen molar-refractivity contribution in [3.05, 3.63) is 65.7 Å². The number of carbonyl (C=O) groups is 1. The first-order chi connectivity index (χ1) is 15.2. The van der Waals surface area contributed by atoms with Crippen molar-refractivity contribution >= 4 is 11.5 Å². The van der Waals surface area contributed by atoms with E-state index in [2.05, 4.69) is 35.2 Å². The summed E-state index contributed by atoms with van der Waals surface area (Å²) in [6.07, 6.45) is 5.92. The van der Waals surface area contributed by atoms with Crippen LogP contribution < -0.4 is 9.47 Å². The highest BCUT2D eigenvalue weighted by Gasteiger charge is 2.22. The highest BCUT2D eigenvalue weighted by atomic mass is 16.7. The molecule has 5 nitrogen and oxygen atoms in total. The molecule has 4 rings (SSSR count). The van der Waals surface area contributed by atoms with Gasteiger partial charge in [-0.05, 0) is 62.9 Å². The van der Waals surface area contributed by atoms with Gasteiger partial charge >= 0.3 is 5.97 Å². The van der Waals surface area contributed by atoms with E-state index >= 15 is 0 Å². The number of likely N-dealkylation sites (tertiary alicyclic amines) is 1. The minimum absolute atomic E-state index is 0.0586. The number of hydrogen-bond donors (Lipinski definition) is 0. The quantitative estimate of drug-likeness (QED) is 0.621. The molecule has 1 saturated heterocycles. The van der Waals surface area contributed by atoms with E-state index in [1.54, 1.807) is 0 Å². The van der Waals surface area contributed by atoms with Crippen molar-refractivity contribution < 1.29 is 19.0 Å². The van der Waals surface area contributed by atoms with Gasteiger partial charge in [-0.3, -0.25) is 4.79 Å². The highest BCUT2D eigenvalue weighted by molar-refractivity contribution is 5.85. The molecule has 2 heterocycles. The van der Waals surface area contributed by atoms with Crippen LogP contribution in [0.25, 0.3) is 5.57 Å². The van der Waals surface area contributed by atoms with Crippen LogP contribution in [0.4, 0.5) is 0 Å². The summed E-state index contributed by atoms with van der Waals surface area (Å²) in [5, 5.41) is 0. The minimum atomic E-state index is -0.0586. The monoisotopic (exact) mass is 421 g/mol. The predicted octanol–water partition coefficient (Wildman–Crippen LogP) is 4.90. The molecule has 31 heavy (non-hydrogen) atoms. The highest BCUT2D eigenvalue weighted by Crippen LogP contribution is 2.37. The molecule has 0 aliphatic carbocycles. The second kappa shape index (κ2) is 10.5. The molecule has 5 heteroatoms. The second-order valence-electron chi connectivity index (χ2n) is 8.10. The topological polar surface area (TPSA) is 48.0 Å². The fraction of sp³-hybridized carbons (Fsp3) is 0.423. The van der Waals surface area contributed by atoms with Crippen LogP contribution in [0.15, 0.2) is 54.6 Å². The SMILES string of the molecule is CCOC(=O)CC1CCN(CCC=C2c3ccccc3OCOc3ccccc32)CC1. The lowest BCUT2D eigenvalue weighted by Crippen LogP contribution is -2.35. The number of benzene rings is 2. The van der Waals surface area contributed by atoms with Gasteiger partial charge in [0.15, 0.2) is 0 Å². The number of esters is 1. The van der Waals surface area contributed by atoms with Crippen molar-refractivity contribution in [1.29, 1.82) is 0 Å². The van der Waals surface area contributed by atoms with Crippen molar-refractivity contribution in [3.8, 4) is 11.5 Å². The third-order valence-electron chi connectivity index (χ3n) is 6.04. The average Bonchev–Trinajstić information content (AvgIpc) is 2.78. The van der Waals surface area contributed by atoms with Crippen LogP contribution in [0, 0.1) is 5.92 Å². The Kier molecular flexibility index (Phi) is 7.26. The van der Waals surface area contributed by atoms with Gasteiger partial charge in [-0.25, -0.2) is 0 Å². The third kappa shape index (κ3) is 5.47. The number of fused-ring (bicyclic) bond motifs is 2. The molecule has 0 amide bonds. The summed E-state index contributed by atoms with van der Waals surface area (Å²) >= 11 is 0. The molecule has 0 atom stereocenters. The zero-order valence-electron chi connectivity index (χ0n) is 18.2. The molecule has 2 aromatic rings. The summed E-state index contributed by atoms with van der Waals surface area (Å²) in [7, 11) is 0. The van der Waals surface area contributed by atoms with Gasteiger partial charge in [0, 0.05) is 24.1 Å². The van der Waals surface area contributed by atoms with E-state index in [1.807, 2.05) is 31.2 Å². The molecule has 0 saturated carbocycles. The molecular weight excluding hydrogens is 390 g/mol. The summed E-state index contributed by atoms with van der Waals surface area (Å²) in [5.41, 5.74) is 3.36. The van der Waals surface area contributed by atoms with Crippen LogP contribution in [-0.4, -0.2) is 43.9 Å². The van der Waals surface area contributed by atoms with Crippen molar-refractivity contribution in [2.75, 3.05) is 33.0 Å².